The minimum Gasteiger partial charge on any atom is -0.346 e. The van der Waals surface area contributed by atoms with Gasteiger partial charge in [0.15, 0.2) is 0 Å². The molecule has 1 aromatic rings. The van der Waals surface area contributed by atoms with E-state index >= 15 is 0 Å². The first-order valence-corrected chi connectivity index (χ1v) is 5.90. The van der Waals surface area contributed by atoms with Gasteiger partial charge in [0, 0.05) is 13.1 Å². The van der Waals surface area contributed by atoms with Crippen molar-refractivity contribution in [3.05, 3.63) is 5.51 Å². The van der Waals surface area contributed by atoms with Crippen molar-refractivity contribution in [2.45, 2.75) is 13.3 Å². The van der Waals surface area contributed by atoms with Gasteiger partial charge in [-0.15, -0.1) is 10.2 Å². The summed E-state index contributed by atoms with van der Waals surface area (Å²) in [4.78, 5) is 2.30. The van der Waals surface area contributed by atoms with Gasteiger partial charge in [0.1, 0.15) is 5.51 Å². The summed E-state index contributed by atoms with van der Waals surface area (Å²) in [6.45, 7) is 5.19. The summed E-state index contributed by atoms with van der Waals surface area (Å²) in [6.07, 6.45) is 1.21. The zero-order valence-corrected chi connectivity index (χ0v) is 9.20. The van der Waals surface area contributed by atoms with E-state index in [1.807, 2.05) is 0 Å². The summed E-state index contributed by atoms with van der Waals surface area (Å²) >= 11 is 1.61. The molecule has 4 nitrogen and oxygen atoms in total. The summed E-state index contributed by atoms with van der Waals surface area (Å²) < 4.78 is 0. The van der Waals surface area contributed by atoms with Crippen molar-refractivity contribution >= 4 is 16.5 Å². The lowest BCUT2D eigenvalue weighted by atomic mass is 9.87. The average Bonchev–Trinajstić information content (AvgIpc) is 2.71. The van der Waals surface area contributed by atoms with Crippen molar-refractivity contribution in [1.29, 1.82) is 0 Å². The van der Waals surface area contributed by atoms with Gasteiger partial charge in [0.05, 0.1) is 0 Å². The quantitative estimate of drug-likeness (QED) is 0.793. The lowest BCUT2D eigenvalue weighted by Crippen LogP contribution is -2.42. The molecule has 2 rings (SSSR count). The zero-order valence-electron chi connectivity index (χ0n) is 8.39. The molecule has 14 heavy (non-hydrogen) atoms. The van der Waals surface area contributed by atoms with Crippen LogP contribution in [0.15, 0.2) is 5.51 Å². The summed E-state index contributed by atoms with van der Waals surface area (Å²) in [5, 5.41) is 8.99. The molecule has 5 heteroatoms. The van der Waals surface area contributed by atoms with Crippen LogP contribution in [0.1, 0.15) is 13.3 Å². The number of aromatic nitrogens is 2. The first kappa shape index (κ1) is 9.86. The van der Waals surface area contributed by atoms with Crippen LogP contribution in [0.4, 0.5) is 5.13 Å². The highest BCUT2D eigenvalue weighted by atomic mass is 32.1. The molecule has 0 amide bonds. The van der Waals surface area contributed by atoms with Crippen molar-refractivity contribution in [3.8, 4) is 0 Å². The van der Waals surface area contributed by atoms with Crippen LogP contribution in [-0.2, 0) is 0 Å². The molecule has 2 N–H and O–H groups in total. The van der Waals surface area contributed by atoms with Gasteiger partial charge in [0.2, 0.25) is 5.13 Å². The van der Waals surface area contributed by atoms with E-state index in [0.717, 1.165) is 30.7 Å². The Balaban J connectivity index is 2.03. The predicted octanol–water partition coefficient (Wildman–Crippen LogP) is 0.959. The molecule has 1 fully saturated rings. The molecule has 2 heterocycles. The Morgan fingerprint density at radius 3 is 3.21 bits per heavy atom. The van der Waals surface area contributed by atoms with Gasteiger partial charge in [-0.05, 0) is 24.8 Å². The molecule has 1 aromatic heterocycles. The Morgan fingerprint density at radius 1 is 1.71 bits per heavy atom. The van der Waals surface area contributed by atoms with Crippen LogP contribution in [0, 0.1) is 11.8 Å². The number of hydrogen-bond acceptors (Lipinski definition) is 5. The van der Waals surface area contributed by atoms with E-state index in [2.05, 4.69) is 22.0 Å². The van der Waals surface area contributed by atoms with Gasteiger partial charge in [-0.25, -0.2) is 0 Å². The Morgan fingerprint density at radius 2 is 2.57 bits per heavy atom. The molecule has 0 aliphatic carbocycles. The molecule has 0 radical (unpaired) electrons. The highest BCUT2D eigenvalue weighted by Gasteiger charge is 2.26. The Labute approximate surface area is 88.1 Å². The molecule has 0 bridgehead atoms. The molecular formula is C9H16N4S. The number of nitrogens with two attached hydrogens (primary N) is 1. The van der Waals surface area contributed by atoms with Gasteiger partial charge in [0.25, 0.3) is 0 Å². The van der Waals surface area contributed by atoms with Gasteiger partial charge >= 0.3 is 0 Å². The molecule has 1 aliphatic heterocycles. The molecule has 2 unspecified atom stereocenters. The maximum absolute atomic E-state index is 5.75. The highest BCUT2D eigenvalue weighted by Crippen LogP contribution is 2.27. The number of piperidine rings is 1. The van der Waals surface area contributed by atoms with Crippen LogP contribution < -0.4 is 10.6 Å². The lowest BCUT2D eigenvalue weighted by molar-refractivity contribution is 0.307. The second kappa shape index (κ2) is 4.23. The van der Waals surface area contributed by atoms with Crippen LogP contribution in [0.2, 0.25) is 0 Å². The molecule has 1 aliphatic rings. The van der Waals surface area contributed by atoms with E-state index in [0.29, 0.717) is 5.92 Å². The topological polar surface area (TPSA) is 55.0 Å². The molecule has 1 saturated heterocycles. The van der Waals surface area contributed by atoms with E-state index in [1.165, 1.54) is 6.42 Å². The second-order valence-electron chi connectivity index (χ2n) is 3.93. The number of nitrogens with zero attached hydrogens (tertiary/aromatic N) is 3. The van der Waals surface area contributed by atoms with E-state index < -0.39 is 0 Å². The fourth-order valence-electron chi connectivity index (χ4n) is 1.94. The molecule has 0 saturated carbocycles. The summed E-state index contributed by atoms with van der Waals surface area (Å²) in [7, 11) is 0. The third-order valence-electron chi connectivity index (χ3n) is 3.04. The van der Waals surface area contributed by atoms with Crippen molar-refractivity contribution in [2.75, 3.05) is 24.5 Å². The van der Waals surface area contributed by atoms with E-state index in [9.17, 15) is 0 Å². The van der Waals surface area contributed by atoms with Gasteiger partial charge in [-0.3, -0.25) is 0 Å². The minimum atomic E-state index is 0.604. The van der Waals surface area contributed by atoms with Crippen LogP contribution >= 0.6 is 11.3 Å². The largest absolute Gasteiger partial charge is 0.346 e. The monoisotopic (exact) mass is 212 g/mol. The molecule has 0 aromatic carbocycles. The first-order chi connectivity index (χ1) is 6.81. The number of anilines is 1. The minimum absolute atomic E-state index is 0.604. The Hall–Kier alpha value is -0.680. The van der Waals surface area contributed by atoms with Crippen molar-refractivity contribution < 1.29 is 0 Å². The maximum atomic E-state index is 5.75. The van der Waals surface area contributed by atoms with Crippen molar-refractivity contribution in [1.82, 2.24) is 10.2 Å². The number of hydrogen-bond donors (Lipinski definition) is 1. The molecular weight excluding hydrogens is 196 g/mol. The smallest absolute Gasteiger partial charge is 0.208 e. The van der Waals surface area contributed by atoms with Crippen molar-refractivity contribution in [3.63, 3.8) is 0 Å². The number of rotatable bonds is 2. The summed E-state index contributed by atoms with van der Waals surface area (Å²) in [5.74, 6) is 1.34. The highest BCUT2D eigenvalue weighted by molar-refractivity contribution is 7.13. The average molecular weight is 212 g/mol. The fourth-order valence-corrected chi connectivity index (χ4v) is 2.53. The summed E-state index contributed by atoms with van der Waals surface area (Å²) in [5.41, 5.74) is 7.53. The van der Waals surface area contributed by atoms with Crippen LogP contribution in [0.25, 0.3) is 0 Å². The fraction of sp³-hybridized carbons (Fsp3) is 0.778. The molecule has 0 spiro atoms. The van der Waals surface area contributed by atoms with Crippen LogP contribution in [0.5, 0.6) is 0 Å². The zero-order chi connectivity index (χ0) is 9.97. The van der Waals surface area contributed by atoms with Crippen LogP contribution in [-0.4, -0.2) is 29.8 Å². The first-order valence-electron chi connectivity index (χ1n) is 5.02. The third kappa shape index (κ3) is 1.88. The normalized spacial score (nSPS) is 28.0. The van der Waals surface area contributed by atoms with Gasteiger partial charge in [-0.1, -0.05) is 18.3 Å². The maximum Gasteiger partial charge on any atom is 0.208 e. The van der Waals surface area contributed by atoms with E-state index in [1.54, 1.807) is 16.8 Å². The van der Waals surface area contributed by atoms with Crippen LogP contribution in [0.3, 0.4) is 0 Å². The van der Waals surface area contributed by atoms with Crippen molar-refractivity contribution in [2.24, 2.45) is 17.6 Å². The Kier molecular flexibility index (Phi) is 2.98. The predicted molar refractivity (Wildman–Crippen MR) is 58.4 cm³/mol. The van der Waals surface area contributed by atoms with E-state index in [4.69, 9.17) is 5.73 Å². The SMILES string of the molecule is CC1CCN(c2nncs2)CC1CN. The standard InChI is InChI=1S/C9H16N4S/c1-7-2-3-13(5-8(7)4-10)9-12-11-6-14-9/h6-8H,2-5,10H2,1H3. The second-order valence-corrected chi connectivity index (χ2v) is 4.74. The van der Waals surface area contributed by atoms with Gasteiger partial charge in [-0.2, -0.15) is 0 Å². The third-order valence-corrected chi connectivity index (χ3v) is 3.79. The Bertz CT molecular complexity index is 274. The van der Waals surface area contributed by atoms with Gasteiger partial charge < -0.3 is 10.6 Å². The molecule has 78 valence electrons. The molecule has 2 atom stereocenters. The summed E-state index contributed by atoms with van der Waals surface area (Å²) in [6, 6.07) is 0. The van der Waals surface area contributed by atoms with E-state index in [-0.39, 0.29) is 0 Å². The lowest BCUT2D eigenvalue weighted by Gasteiger charge is -2.36.